The number of halogens is 1. The van der Waals surface area contributed by atoms with E-state index in [9.17, 15) is 14.0 Å². The number of nitrogens with zero attached hydrogens (tertiary/aromatic N) is 5. The number of fused-ring (bicyclic) bond motifs is 2. The first-order valence-electron chi connectivity index (χ1n) is 13.2. The number of piperazine rings is 1. The molecule has 0 unspecified atom stereocenters. The molecule has 0 atom stereocenters. The van der Waals surface area contributed by atoms with Crippen LogP contribution >= 0.6 is 0 Å². The van der Waals surface area contributed by atoms with Crippen molar-refractivity contribution in [3.8, 4) is 0 Å². The van der Waals surface area contributed by atoms with Crippen molar-refractivity contribution >= 4 is 45.8 Å². The first kappa shape index (κ1) is 25.7. The summed E-state index contributed by atoms with van der Waals surface area (Å²) < 4.78 is 15.8. The number of hydrogen-bond donors (Lipinski definition) is 2. The number of nitrogens with one attached hydrogen (secondary N) is 2. The number of likely N-dealkylation sites (N-methyl/N-ethyl adjacent to an activating group) is 2. The molecular weight excluding hydrogens is 509 g/mol. The highest BCUT2D eigenvalue weighted by Gasteiger charge is 2.29. The molecule has 0 radical (unpaired) electrons. The molecule has 9 nitrogen and oxygen atoms in total. The molecular formula is C30H30FN7O2. The van der Waals surface area contributed by atoms with Crippen LogP contribution in [-0.4, -0.2) is 77.8 Å². The minimum Gasteiger partial charge on any atom is -0.354 e. The predicted octanol–water partition coefficient (Wildman–Crippen LogP) is 3.62. The number of carbonyl (C=O) groups is 2. The minimum absolute atomic E-state index is 0.0348. The van der Waals surface area contributed by atoms with Gasteiger partial charge < -0.3 is 24.8 Å². The second kappa shape index (κ2) is 10.6. The highest BCUT2D eigenvalue weighted by atomic mass is 19.1. The molecule has 40 heavy (non-hydrogen) atoms. The quantitative estimate of drug-likeness (QED) is 0.364. The maximum absolute atomic E-state index is 13.9. The van der Waals surface area contributed by atoms with Crippen LogP contribution in [0, 0.1) is 5.82 Å². The fourth-order valence-electron chi connectivity index (χ4n) is 5.10. The lowest BCUT2D eigenvalue weighted by Crippen LogP contribution is -2.48. The molecule has 1 saturated heterocycles. The number of carbonyl (C=O) groups excluding carboxylic acids is 2. The maximum atomic E-state index is 13.9. The largest absolute Gasteiger partial charge is 0.354 e. The van der Waals surface area contributed by atoms with Crippen molar-refractivity contribution in [2.24, 2.45) is 0 Å². The van der Waals surface area contributed by atoms with Gasteiger partial charge in [0.25, 0.3) is 5.91 Å². The molecule has 2 aromatic heterocycles. The second-order valence-corrected chi connectivity index (χ2v) is 10.2. The highest BCUT2D eigenvalue weighted by Crippen LogP contribution is 2.38. The van der Waals surface area contributed by atoms with E-state index in [-0.39, 0.29) is 11.8 Å². The number of rotatable bonds is 6. The van der Waals surface area contributed by atoms with Gasteiger partial charge in [-0.05, 0) is 61.6 Å². The Morgan fingerprint density at radius 1 is 1.05 bits per heavy atom. The van der Waals surface area contributed by atoms with Crippen LogP contribution in [0.5, 0.6) is 0 Å². The zero-order chi connectivity index (χ0) is 27.8. The van der Waals surface area contributed by atoms with Gasteiger partial charge in [-0.3, -0.25) is 14.5 Å². The van der Waals surface area contributed by atoms with Gasteiger partial charge in [-0.25, -0.2) is 9.37 Å². The third kappa shape index (κ3) is 5.06. The SMILES string of the molecule is CN1CCN(CC(=O)N(C)c2ccc(NC(=C3C(=O)Nc4cc(F)ccc43)c3ccn4ccnc4c3)cc2)CC1. The lowest BCUT2D eigenvalue weighted by atomic mass is 10.0. The summed E-state index contributed by atoms with van der Waals surface area (Å²) in [6, 6.07) is 15.6. The Morgan fingerprint density at radius 3 is 2.60 bits per heavy atom. The molecule has 0 saturated carbocycles. The van der Waals surface area contributed by atoms with Crippen molar-refractivity contribution in [2.45, 2.75) is 0 Å². The number of amides is 2. The van der Waals surface area contributed by atoms with E-state index in [0.717, 1.165) is 48.8 Å². The summed E-state index contributed by atoms with van der Waals surface area (Å²) in [5.41, 5.74) is 5.01. The zero-order valence-electron chi connectivity index (χ0n) is 22.4. The zero-order valence-corrected chi connectivity index (χ0v) is 22.4. The Kier molecular flexibility index (Phi) is 6.79. The van der Waals surface area contributed by atoms with Gasteiger partial charge in [0.1, 0.15) is 11.5 Å². The van der Waals surface area contributed by atoms with E-state index in [4.69, 9.17) is 0 Å². The molecule has 204 valence electrons. The summed E-state index contributed by atoms with van der Waals surface area (Å²) in [5.74, 6) is -0.708. The van der Waals surface area contributed by atoms with Crippen molar-refractivity contribution in [3.05, 3.63) is 90.1 Å². The van der Waals surface area contributed by atoms with E-state index < -0.39 is 5.82 Å². The molecule has 2 aliphatic heterocycles. The fraction of sp³-hybridized carbons (Fsp3) is 0.233. The van der Waals surface area contributed by atoms with Gasteiger partial charge in [0.2, 0.25) is 5.91 Å². The van der Waals surface area contributed by atoms with Gasteiger partial charge >= 0.3 is 0 Å². The predicted molar refractivity (Wildman–Crippen MR) is 154 cm³/mol. The Labute approximate surface area is 231 Å². The summed E-state index contributed by atoms with van der Waals surface area (Å²) in [4.78, 5) is 36.6. The normalized spacial score (nSPS) is 17.0. The van der Waals surface area contributed by atoms with E-state index in [0.29, 0.717) is 29.1 Å². The van der Waals surface area contributed by atoms with Crippen LogP contribution < -0.4 is 15.5 Å². The third-order valence-corrected chi connectivity index (χ3v) is 7.52. The van der Waals surface area contributed by atoms with E-state index >= 15 is 0 Å². The lowest BCUT2D eigenvalue weighted by molar-refractivity contribution is -0.119. The molecule has 0 spiro atoms. The maximum Gasteiger partial charge on any atom is 0.258 e. The number of hydrogen-bond acceptors (Lipinski definition) is 6. The van der Waals surface area contributed by atoms with Crippen LogP contribution in [0.15, 0.2) is 73.2 Å². The van der Waals surface area contributed by atoms with Crippen LogP contribution in [0.2, 0.25) is 0 Å². The number of pyridine rings is 1. The van der Waals surface area contributed by atoms with Crippen molar-refractivity contribution in [3.63, 3.8) is 0 Å². The molecule has 10 heteroatoms. The van der Waals surface area contributed by atoms with Crippen LogP contribution in [0.3, 0.4) is 0 Å². The van der Waals surface area contributed by atoms with Gasteiger partial charge in [-0.1, -0.05) is 0 Å². The Balaban J connectivity index is 1.29. The molecule has 2 aromatic carbocycles. The highest BCUT2D eigenvalue weighted by molar-refractivity contribution is 6.37. The van der Waals surface area contributed by atoms with Crippen molar-refractivity contribution in [1.82, 2.24) is 19.2 Å². The van der Waals surface area contributed by atoms with E-state index in [2.05, 4.69) is 32.5 Å². The van der Waals surface area contributed by atoms with Gasteiger partial charge in [0.05, 0.1) is 23.5 Å². The topological polar surface area (TPSA) is 85.2 Å². The van der Waals surface area contributed by atoms with Gasteiger partial charge in [0.15, 0.2) is 0 Å². The standard InChI is InChI=1S/C30H30FN7O2/c1-35-13-15-37(16-14-35)19-27(39)36(2)23-6-4-22(5-7-23)33-29(20-9-11-38-12-10-32-26(38)17-20)28-24-8-3-21(31)18-25(24)34-30(28)40/h3-12,17-18,33H,13-16,19H2,1-2H3,(H,34,40). The molecule has 6 rings (SSSR count). The number of benzene rings is 2. The number of anilines is 3. The van der Waals surface area contributed by atoms with Gasteiger partial charge in [0, 0.05) is 74.3 Å². The summed E-state index contributed by atoms with van der Waals surface area (Å²) in [5, 5.41) is 6.20. The Morgan fingerprint density at radius 2 is 1.82 bits per heavy atom. The van der Waals surface area contributed by atoms with Crippen LogP contribution in [0.1, 0.15) is 11.1 Å². The molecule has 2 amide bonds. The summed E-state index contributed by atoms with van der Waals surface area (Å²) in [7, 11) is 3.88. The molecule has 0 bridgehead atoms. The van der Waals surface area contributed by atoms with E-state index in [1.54, 1.807) is 24.2 Å². The smallest absolute Gasteiger partial charge is 0.258 e. The first-order chi connectivity index (χ1) is 19.4. The third-order valence-electron chi connectivity index (χ3n) is 7.52. The van der Waals surface area contributed by atoms with Crippen LogP contribution in [0.4, 0.5) is 21.5 Å². The Bertz CT molecular complexity index is 1620. The summed E-state index contributed by atoms with van der Waals surface area (Å²) in [6.45, 7) is 4.06. The van der Waals surface area contributed by atoms with Gasteiger partial charge in [-0.2, -0.15) is 0 Å². The monoisotopic (exact) mass is 539 g/mol. The molecule has 0 aliphatic carbocycles. The number of aromatic nitrogens is 2. The lowest BCUT2D eigenvalue weighted by Gasteiger charge is -2.32. The number of imidazole rings is 1. The van der Waals surface area contributed by atoms with E-state index in [1.807, 2.05) is 53.2 Å². The fourth-order valence-corrected chi connectivity index (χ4v) is 5.10. The van der Waals surface area contributed by atoms with Crippen molar-refractivity contribution in [1.29, 1.82) is 0 Å². The summed E-state index contributed by atoms with van der Waals surface area (Å²) >= 11 is 0. The second-order valence-electron chi connectivity index (χ2n) is 10.2. The minimum atomic E-state index is -0.421. The molecule has 4 heterocycles. The Hall–Kier alpha value is -4.54. The van der Waals surface area contributed by atoms with Gasteiger partial charge in [-0.15, -0.1) is 0 Å². The molecule has 4 aromatic rings. The van der Waals surface area contributed by atoms with Crippen molar-refractivity contribution in [2.75, 3.05) is 62.4 Å². The van der Waals surface area contributed by atoms with E-state index in [1.165, 1.54) is 12.1 Å². The summed E-state index contributed by atoms with van der Waals surface area (Å²) in [6.07, 6.45) is 5.43. The van der Waals surface area contributed by atoms with Crippen LogP contribution in [0.25, 0.3) is 16.9 Å². The average molecular weight is 540 g/mol. The average Bonchev–Trinajstić information content (AvgIpc) is 3.55. The molecule has 2 aliphatic rings. The molecule has 1 fully saturated rings. The van der Waals surface area contributed by atoms with Crippen LogP contribution in [-0.2, 0) is 9.59 Å². The van der Waals surface area contributed by atoms with Crippen molar-refractivity contribution < 1.29 is 14.0 Å². The first-order valence-corrected chi connectivity index (χ1v) is 13.2. The molecule has 2 N–H and O–H groups in total.